The van der Waals surface area contributed by atoms with Crippen molar-refractivity contribution in [2.24, 2.45) is 5.10 Å². The van der Waals surface area contributed by atoms with Crippen LogP contribution in [0.15, 0.2) is 29.5 Å². The first-order valence-electron chi connectivity index (χ1n) is 7.69. The molecule has 25 heavy (non-hydrogen) atoms. The van der Waals surface area contributed by atoms with Gasteiger partial charge in [-0.3, -0.25) is 0 Å². The molecule has 1 aromatic carbocycles. The van der Waals surface area contributed by atoms with Crippen molar-refractivity contribution in [2.45, 2.75) is 0 Å². The molecule has 8 nitrogen and oxygen atoms in total. The van der Waals surface area contributed by atoms with Crippen molar-refractivity contribution in [2.75, 3.05) is 43.7 Å². The number of hydrogen-bond donors (Lipinski definition) is 2. The molecule has 1 saturated heterocycles. The Morgan fingerprint density at radius 1 is 1.40 bits per heavy atom. The summed E-state index contributed by atoms with van der Waals surface area (Å²) < 4.78 is 24.2. The molecule has 1 aliphatic rings. The van der Waals surface area contributed by atoms with Gasteiger partial charge in [0.05, 0.1) is 32.7 Å². The second kappa shape index (κ2) is 7.75. The SMILES string of the molecule is COc1cccc(C=NNc2ncc(F)c(N3CCOCC3)n2)c1O. The molecule has 132 valence electrons. The van der Waals surface area contributed by atoms with E-state index in [2.05, 4.69) is 20.5 Å². The number of morpholine rings is 1. The third kappa shape index (κ3) is 3.94. The number of hydrazone groups is 1. The minimum absolute atomic E-state index is 0.0235. The highest BCUT2D eigenvalue weighted by Crippen LogP contribution is 2.28. The van der Waals surface area contributed by atoms with E-state index in [1.165, 1.54) is 13.3 Å². The van der Waals surface area contributed by atoms with E-state index in [9.17, 15) is 9.50 Å². The summed E-state index contributed by atoms with van der Waals surface area (Å²) in [4.78, 5) is 9.82. The van der Waals surface area contributed by atoms with Gasteiger partial charge < -0.3 is 19.5 Å². The maximum absolute atomic E-state index is 14.0. The fourth-order valence-corrected chi connectivity index (χ4v) is 2.38. The summed E-state index contributed by atoms with van der Waals surface area (Å²) in [7, 11) is 1.47. The topological polar surface area (TPSA) is 92.1 Å². The molecule has 0 radical (unpaired) electrons. The van der Waals surface area contributed by atoms with Crippen LogP contribution in [0.2, 0.25) is 0 Å². The van der Waals surface area contributed by atoms with Crippen LogP contribution >= 0.6 is 0 Å². The van der Waals surface area contributed by atoms with Crippen LogP contribution in [-0.4, -0.2) is 54.7 Å². The molecule has 9 heteroatoms. The summed E-state index contributed by atoms with van der Waals surface area (Å²) in [5, 5.41) is 14.0. The van der Waals surface area contributed by atoms with Crippen molar-refractivity contribution in [3.8, 4) is 11.5 Å². The number of phenols is 1. The van der Waals surface area contributed by atoms with Crippen molar-refractivity contribution in [1.29, 1.82) is 0 Å². The molecule has 0 saturated carbocycles. The van der Waals surface area contributed by atoms with Gasteiger partial charge in [0.1, 0.15) is 0 Å². The minimum atomic E-state index is -0.498. The Morgan fingerprint density at radius 2 is 2.20 bits per heavy atom. The number of nitrogens with one attached hydrogen (secondary N) is 1. The Labute approximate surface area is 143 Å². The molecule has 0 bridgehead atoms. The number of nitrogens with zero attached hydrogens (tertiary/aromatic N) is 4. The van der Waals surface area contributed by atoms with E-state index < -0.39 is 5.82 Å². The molecular formula is C16H18FN5O3. The van der Waals surface area contributed by atoms with Crippen LogP contribution in [0, 0.1) is 5.82 Å². The number of phenolic OH excluding ortho intramolecular Hbond substituents is 1. The first-order chi connectivity index (χ1) is 12.2. The number of aromatic hydroxyl groups is 1. The van der Waals surface area contributed by atoms with Gasteiger partial charge in [-0.1, -0.05) is 6.07 Å². The van der Waals surface area contributed by atoms with Crippen molar-refractivity contribution in [1.82, 2.24) is 9.97 Å². The zero-order valence-electron chi connectivity index (χ0n) is 13.6. The van der Waals surface area contributed by atoms with Gasteiger partial charge in [-0.15, -0.1) is 0 Å². The molecule has 0 unspecified atom stereocenters. The lowest BCUT2D eigenvalue weighted by atomic mass is 10.2. The highest BCUT2D eigenvalue weighted by molar-refractivity contribution is 5.85. The molecule has 1 aliphatic heterocycles. The lowest BCUT2D eigenvalue weighted by molar-refractivity contribution is 0.122. The van der Waals surface area contributed by atoms with E-state index in [-0.39, 0.29) is 17.5 Å². The van der Waals surface area contributed by atoms with Gasteiger partial charge in [0.15, 0.2) is 23.1 Å². The van der Waals surface area contributed by atoms with Gasteiger partial charge in [-0.2, -0.15) is 10.1 Å². The van der Waals surface area contributed by atoms with Crippen LogP contribution in [-0.2, 0) is 4.74 Å². The number of para-hydroxylation sites is 1. The second-order valence-electron chi connectivity index (χ2n) is 5.23. The van der Waals surface area contributed by atoms with E-state index in [4.69, 9.17) is 9.47 Å². The summed E-state index contributed by atoms with van der Waals surface area (Å²) in [6, 6.07) is 5.04. The number of hydrogen-bond acceptors (Lipinski definition) is 8. The fraction of sp³-hybridized carbons (Fsp3) is 0.312. The van der Waals surface area contributed by atoms with Crippen molar-refractivity contribution in [3.63, 3.8) is 0 Å². The van der Waals surface area contributed by atoms with Crippen LogP contribution in [0.25, 0.3) is 0 Å². The third-order valence-electron chi connectivity index (χ3n) is 3.65. The van der Waals surface area contributed by atoms with Gasteiger partial charge in [-0.05, 0) is 12.1 Å². The van der Waals surface area contributed by atoms with Crippen molar-refractivity contribution in [3.05, 3.63) is 35.8 Å². The van der Waals surface area contributed by atoms with Crippen molar-refractivity contribution >= 4 is 18.0 Å². The Bertz CT molecular complexity index is 765. The standard InChI is InChI=1S/C16H18FN5O3/c1-24-13-4-2-3-11(14(13)23)9-19-21-16-18-10-12(17)15(20-16)22-5-7-25-8-6-22/h2-4,9-10,23H,5-8H2,1H3,(H,18,20,21). The van der Waals surface area contributed by atoms with Gasteiger partial charge in [0.2, 0.25) is 5.95 Å². The lowest BCUT2D eigenvalue weighted by Gasteiger charge is -2.27. The molecule has 0 atom stereocenters. The smallest absolute Gasteiger partial charge is 0.245 e. The molecule has 1 fully saturated rings. The summed E-state index contributed by atoms with van der Waals surface area (Å²) in [6.07, 6.45) is 2.50. The fourth-order valence-electron chi connectivity index (χ4n) is 2.38. The summed E-state index contributed by atoms with van der Waals surface area (Å²) in [6.45, 7) is 2.18. The Balaban J connectivity index is 1.73. The molecular weight excluding hydrogens is 329 g/mol. The summed E-state index contributed by atoms with van der Waals surface area (Å²) in [5.74, 6) is 0.185. The van der Waals surface area contributed by atoms with E-state index in [1.807, 2.05) is 0 Å². The van der Waals surface area contributed by atoms with Crippen LogP contribution in [0.1, 0.15) is 5.56 Å². The van der Waals surface area contributed by atoms with E-state index in [0.29, 0.717) is 37.6 Å². The van der Waals surface area contributed by atoms with Crippen LogP contribution in [0.3, 0.4) is 0 Å². The Kier molecular flexibility index (Phi) is 5.24. The average Bonchev–Trinajstić information content (AvgIpc) is 2.65. The van der Waals surface area contributed by atoms with Crippen LogP contribution in [0.5, 0.6) is 11.5 Å². The van der Waals surface area contributed by atoms with Crippen LogP contribution < -0.4 is 15.1 Å². The van der Waals surface area contributed by atoms with E-state index in [0.717, 1.165) is 6.20 Å². The molecule has 0 spiro atoms. The van der Waals surface area contributed by atoms with E-state index >= 15 is 0 Å². The monoisotopic (exact) mass is 347 g/mol. The van der Waals surface area contributed by atoms with Crippen LogP contribution in [0.4, 0.5) is 16.2 Å². The predicted octanol–water partition coefficient (Wildman–Crippen LogP) is 1.61. The first kappa shape index (κ1) is 16.9. The molecule has 2 aromatic rings. The molecule has 2 heterocycles. The zero-order valence-corrected chi connectivity index (χ0v) is 13.6. The molecule has 3 rings (SSSR count). The highest BCUT2D eigenvalue weighted by atomic mass is 19.1. The minimum Gasteiger partial charge on any atom is -0.504 e. The predicted molar refractivity (Wildman–Crippen MR) is 90.9 cm³/mol. The van der Waals surface area contributed by atoms with Gasteiger partial charge in [-0.25, -0.2) is 14.8 Å². The van der Waals surface area contributed by atoms with Crippen molar-refractivity contribution < 1.29 is 19.0 Å². The van der Waals surface area contributed by atoms with Gasteiger partial charge in [0, 0.05) is 18.7 Å². The van der Waals surface area contributed by atoms with E-state index in [1.54, 1.807) is 23.1 Å². The molecule has 0 amide bonds. The average molecular weight is 347 g/mol. The zero-order chi connectivity index (χ0) is 17.6. The molecule has 2 N–H and O–H groups in total. The maximum atomic E-state index is 14.0. The number of anilines is 2. The Morgan fingerprint density at radius 3 is 2.96 bits per heavy atom. The quantitative estimate of drug-likeness (QED) is 0.627. The Hall–Kier alpha value is -2.94. The first-order valence-corrected chi connectivity index (χ1v) is 7.69. The normalized spacial score (nSPS) is 14.7. The van der Waals surface area contributed by atoms with Gasteiger partial charge in [0.25, 0.3) is 0 Å². The molecule has 1 aromatic heterocycles. The largest absolute Gasteiger partial charge is 0.504 e. The lowest BCUT2D eigenvalue weighted by Crippen LogP contribution is -2.37. The number of rotatable bonds is 5. The third-order valence-corrected chi connectivity index (χ3v) is 3.65. The summed E-state index contributed by atoms with van der Waals surface area (Å²) in [5.41, 5.74) is 3.10. The van der Waals surface area contributed by atoms with Gasteiger partial charge >= 0.3 is 0 Å². The second-order valence-corrected chi connectivity index (χ2v) is 5.23. The maximum Gasteiger partial charge on any atom is 0.245 e. The number of methoxy groups -OCH3 is 1. The highest BCUT2D eigenvalue weighted by Gasteiger charge is 2.17. The molecule has 0 aliphatic carbocycles. The number of aromatic nitrogens is 2. The number of halogens is 1. The number of ether oxygens (including phenoxy) is 2. The summed E-state index contributed by atoms with van der Waals surface area (Å²) >= 11 is 0. The number of benzene rings is 1.